The van der Waals surface area contributed by atoms with Crippen LogP contribution >= 0.6 is 11.8 Å². The minimum Gasteiger partial charge on any atom is -0.486 e. The first-order chi connectivity index (χ1) is 24.3. The van der Waals surface area contributed by atoms with E-state index in [0.717, 1.165) is 10.5 Å². The molecule has 0 saturated heterocycles. The van der Waals surface area contributed by atoms with Crippen LogP contribution in [0.1, 0.15) is 26.7 Å². The molecule has 5 aromatic carbocycles. The Morgan fingerprint density at radius 2 is 1.38 bits per heavy atom. The molecule has 5 aromatic rings. The van der Waals surface area contributed by atoms with E-state index in [1.54, 1.807) is 72.8 Å². The van der Waals surface area contributed by atoms with Crippen molar-refractivity contribution in [2.75, 3.05) is 23.8 Å². The van der Waals surface area contributed by atoms with Crippen molar-refractivity contribution in [3.8, 4) is 11.5 Å². The van der Waals surface area contributed by atoms with Crippen molar-refractivity contribution in [3.05, 3.63) is 160 Å². The largest absolute Gasteiger partial charge is 0.486 e. The summed E-state index contributed by atoms with van der Waals surface area (Å²) < 4.78 is 11.3. The van der Waals surface area contributed by atoms with Crippen LogP contribution in [-0.2, 0) is 9.59 Å². The number of hydrogen-bond donors (Lipinski definition) is 3. The molecule has 12 heteroatoms. The zero-order chi connectivity index (χ0) is 34.9. The average Bonchev–Trinajstić information content (AvgIpc) is 3.15. The molecule has 0 aliphatic carbocycles. The maximum absolute atomic E-state index is 13.6. The van der Waals surface area contributed by atoms with Crippen LogP contribution in [0.25, 0.3) is 6.08 Å². The van der Waals surface area contributed by atoms with E-state index in [0.29, 0.717) is 47.2 Å². The van der Waals surface area contributed by atoms with Crippen molar-refractivity contribution < 1.29 is 28.8 Å². The van der Waals surface area contributed by atoms with Crippen molar-refractivity contribution in [2.45, 2.75) is 10.1 Å². The zero-order valence-corrected chi connectivity index (χ0v) is 27.2. The molecule has 3 N–H and O–H groups in total. The summed E-state index contributed by atoms with van der Waals surface area (Å²) >= 11 is 1.35. The minimum absolute atomic E-state index is 0.0638. The molecule has 0 saturated carbocycles. The number of ether oxygens (including phenoxy) is 2. The zero-order valence-electron chi connectivity index (χ0n) is 26.4. The fraction of sp³-hybridized carbons (Fsp3) is 0.0789. The molecule has 50 heavy (non-hydrogen) atoms. The molecular weight excluding hydrogens is 657 g/mol. The number of anilines is 2. The standard InChI is InChI=1S/C38H30N4O7S/c43-36(27-9-5-2-6-10-27)41-32(23-25-11-16-30(17-12-25)42(46)47)37(44)39-28-13-18-31(19-14-28)50-35(26-7-3-1-4-8-26)38(45)40-29-15-20-33-34(24-29)49-22-21-48-33/h1-20,23-24,35H,21-22H2,(H,39,44)(H,40,45)(H,41,43)/b32-23-. The van der Waals surface area contributed by atoms with E-state index >= 15 is 0 Å². The SMILES string of the molecule is O=C(Nc1ccc(SC(C(=O)Nc2ccc3c(c2)OCCO3)c2ccccc2)cc1)/C(=C/c1ccc([N+](=O)[O-])cc1)NC(=O)c1ccccc1. The number of hydrogen-bond acceptors (Lipinski definition) is 8. The van der Waals surface area contributed by atoms with Gasteiger partial charge in [-0.2, -0.15) is 0 Å². The number of nitrogens with zero attached hydrogens (tertiary/aromatic N) is 1. The van der Waals surface area contributed by atoms with E-state index in [4.69, 9.17) is 9.47 Å². The van der Waals surface area contributed by atoms with E-state index in [1.807, 2.05) is 30.3 Å². The summed E-state index contributed by atoms with van der Waals surface area (Å²) in [7, 11) is 0. The third-order valence-electron chi connectivity index (χ3n) is 7.46. The topological polar surface area (TPSA) is 149 Å². The second-order valence-corrected chi connectivity index (χ2v) is 12.1. The van der Waals surface area contributed by atoms with Crippen LogP contribution in [0.3, 0.4) is 0 Å². The van der Waals surface area contributed by atoms with Gasteiger partial charge in [-0.25, -0.2) is 0 Å². The lowest BCUT2D eigenvalue weighted by atomic mass is 10.1. The number of thioether (sulfide) groups is 1. The van der Waals surface area contributed by atoms with Gasteiger partial charge in [0.15, 0.2) is 11.5 Å². The second kappa shape index (κ2) is 15.7. The summed E-state index contributed by atoms with van der Waals surface area (Å²) in [4.78, 5) is 51.4. The van der Waals surface area contributed by atoms with Crippen LogP contribution in [0.5, 0.6) is 11.5 Å². The van der Waals surface area contributed by atoms with Gasteiger partial charge in [0.1, 0.15) is 24.2 Å². The number of nitro benzene ring substituents is 1. The molecule has 0 aromatic heterocycles. The maximum Gasteiger partial charge on any atom is 0.272 e. The molecule has 0 radical (unpaired) electrons. The van der Waals surface area contributed by atoms with E-state index in [1.165, 1.54) is 42.1 Å². The molecule has 1 atom stereocenters. The van der Waals surface area contributed by atoms with Gasteiger partial charge in [-0.3, -0.25) is 24.5 Å². The Bertz CT molecular complexity index is 2040. The summed E-state index contributed by atoms with van der Waals surface area (Å²) in [5.41, 5.74) is 2.49. The molecule has 1 unspecified atom stereocenters. The van der Waals surface area contributed by atoms with E-state index in [2.05, 4.69) is 16.0 Å². The number of carbonyl (C=O) groups excluding carboxylic acids is 3. The number of nitrogens with one attached hydrogen (secondary N) is 3. The van der Waals surface area contributed by atoms with Gasteiger partial charge in [0.2, 0.25) is 5.91 Å². The highest BCUT2D eigenvalue weighted by atomic mass is 32.2. The van der Waals surface area contributed by atoms with Crippen molar-refractivity contribution in [1.82, 2.24) is 5.32 Å². The highest BCUT2D eigenvalue weighted by Crippen LogP contribution is 2.38. The van der Waals surface area contributed by atoms with Crippen LogP contribution < -0.4 is 25.4 Å². The molecule has 3 amide bonds. The number of carbonyl (C=O) groups is 3. The molecule has 1 aliphatic rings. The Morgan fingerprint density at radius 3 is 2.06 bits per heavy atom. The molecule has 6 rings (SSSR count). The molecule has 250 valence electrons. The Morgan fingerprint density at radius 1 is 0.740 bits per heavy atom. The molecule has 1 heterocycles. The first kappa shape index (κ1) is 33.5. The van der Waals surface area contributed by atoms with E-state index in [9.17, 15) is 24.5 Å². The predicted octanol–water partition coefficient (Wildman–Crippen LogP) is 7.25. The fourth-order valence-corrected chi connectivity index (χ4v) is 6.01. The molecule has 1 aliphatic heterocycles. The summed E-state index contributed by atoms with van der Waals surface area (Å²) in [6.07, 6.45) is 1.44. The smallest absolute Gasteiger partial charge is 0.272 e. The summed E-state index contributed by atoms with van der Waals surface area (Å²) in [5, 5.41) is 18.9. The van der Waals surface area contributed by atoms with Gasteiger partial charge < -0.3 is 25.4 Å². The first-order valence-electron chi connectivity index (χ1n) is 15.5. The van der Waals surface area contributed by atoms with Gasteiger partial charge in [0.25, 0.3) is 17.5 Å². The van der Waals surface area contributed by atoms with Gasteiger partial charge in [-0.05, 0) is 77.9 Å². The number of fused-ring (bicyclic) bond motifs is 1. The highest BCUT2D eigenvalue weighted by Gasteiger charge is 2.23. The number of nitro groups is 1. The van der Waals surface area contributed by atoms with Gasteiger partial charge in [0.05, 0.1) is 4.92 Å². The van der Waals surface area contributed by atoms with Gasteiger partial charge in [0, 0.05) is 40.0 Å². The Labute approximate surface area is 291 Å². The predicted molar refractivity (Wildman–Crippen MR) is 191 cm³/mol. The molecule has 0 spiro atoms. The van der Waals surface area contributed by atoms with Crippen LogP contribution in [-0.4, -0.2) is 35.9 Å². The van der Waals surface area contributed by atoms with Crippen LogP contribution in [0, 0.1) is 10.1 Å². The molecular formula is C38H30N4O7S. The van der Waals surface area contributed by atoms with Gasteiger partial charge in [-0.15, -0.1) is 11.8 Å². The van der Waals surface area contributed by atoms with Crippen LogP contribution in [0.15, 0.2) is 138 Å². The van der Waals surface area contributed by atoms with Crippen molar-refractivity contribution in [1.29, 1.82) is 0 Å². The summed E-state index contributed by atoms with van der Waals surface area (Å²) in [5.74, 6) is -0.134. The quantitative estimate of drug-likeness (QED) is 0.0570. The third-order valence-corrected chi connectivity index (χ3v) is 8.73. The number of rotatable bonds is 11. The monoisotopic (exact) mass is 686 g/mol. The van der Waals surface area contributed by atoms with E-state index in [-0.39, 0.29) is 17.3 Å². The fourth-order valence-electron chi connectivity index (χ4n) is 4.98. The molecule has 11 nitrogen and oxygen atoms in total. The van der Waals surface area contributed by atoms with Crippen LogP contribution in [0.4, 0.5) is 17.1 Å². The lowest BCUT2D eigenvalue weighted by Gasteiger charge is -2.20. The Balaban J connectivity index is 1.18. The molecule has 0 fully saturated rings. The average molecular weight is 687 g/mol. The van der Waals surface area contributed by atoms with Gasteiger partial charge >= 0.3 is 0 Å². The highest BCUT2D eigenvalue weighted by molar-refractivity contribution is 8.00. The van der Waals surface area contributed by atoms with Crippen molar-refractivity contribution in [3.63, 3.8) is 0 Å². The normalized spacial score (nSPS) is 12.7. The summed E-state index contributed by atoms with van der Waals surface area (Å²) in [6.45, 7) is 0.905. The molecule has 0 bridgehead atoms. The Hall–Kier alpha value is -6.40. The number of non-ortho nitro benzene ring substituents is 1. The third kappa shape index (κ3) is 8.54. The van der Waals surface area contributed by atoms with Gasteiger partial charge in [-0.1, -0.05) is 48.5 Å². The Kier molecular flexibility index (Phi) is 10.5. The van der Waals surface area contributed by atoms with Crippen LogP contribution in [0.2, 0.25) is 0 Å². The number of benzene rings is 5. The minimum atomic E-state index is -0.603. The first-order valence-corrected chi connectivity index (χ1v) is 16.4. The van der Waals surface area contributed by atoms with E-state index < -0.39 is 22.0 Å². The number of amides is 3. The summed E-state index contributed by atoms with van der Waals surface area (Å²) in [6, 6.07) is 35.7. The lowest BCUT2D eigenvalue weighted by Crippen LogP contribution is -2.30. The maximum atomic E-state index is 13.6. The van der Waals surface area contributed by atoms with Crippen molar-refractivity contribution >= 4 is 52.6 Å². The second-order valence-electron chi connectivity index (χ2n) is 11.0. The van der Waals surface area contributed by atoms with Crippen molar-refractivity contribution in [2.24, 2.45) is 0 Å². The lowest BCUT2D eigenvalue weighted by molar-refractivity contribution is -0.384.